The lowest BCUT2D eigenvalue weighted by Crippen LogP contribution is -2.52. The summed E-state index contributed by atoms with van der Waals surface area (Å²) in [6, 6.07) is 6.35. The number of nitrogens with zero attached hydrogens (tertiary/aromatic N) is 3. The van der Waals surface area contributed by atoms with Gasteiger partial charge in [0.15, 0.2) is 0 Å². The van der Waals surface area contributed by atoms with Crippen molar-refractivity contribution in [2.45, 2.75) is 57.6 Å². The summed E-state index contributed by atoms with van der Waals surface area (Å²) in [5, 5.41) is 22.2. The zero-order valence-corrected chi connectivity index (χ0v) is 19.2. The van der Waals surface area contributed by atoms with Crippen molar-refractivity contribution in [1.29, 1.82) is 0 Å². The molecular weight excluding hydrogens is 417 g/mol. The second kappa shape index (κ2) is 7.94. The van der Waals surface area contributed by atoms with Gasteiger partial charge < -0.3 is 19.6 Å². The lowest BCUT2D eigenvalue weighted by molar-refractivity contribution is -0.0592. The fourth-order valence-electron chi connectivity index (χ4n) is 3.98. The second-order valence-electron chi connectivity index (χ2n) is 9.32. The summed E-state index contributed by atoms with van der Waals surface area (Å²) < 4.78 is 21.9. The lowest BCUT2D eigenvalue weighted by atomic mass is 9.77. The Kier molecular flexibility index (Phi) is 5.59. The van der Waals surface area contributed by atoms with Crippen LogP contribution in [0.3, 0.4) is 0 Å². The van der Waals surface area contributed by atoms with E-state index in [1.807, 2.05) is 19.2 Å². The molecule has 3 N–H and O–H groups in total. The Balaban J connectivity index is 1.68. The molecular formula is C22H28FN5O2S. The molecule has 1 aromatic carbocycles. The zero-order valence-electron chi connectivity index (χ0n) is 18.4. The van der Waals surface area contributed by atoms with Crippen LogP contribution in [0.1, 0.15) is 44.7 Å². The first-order valence-electron chi connectivity index (χ1n) is 10.3. The first-order chi connectivity index (χ1) is 14.6. The standard InChI is InChI=1S/C22H28FN5O2S/c1-12-6-17(19-26-27-20(30-19)24-14-9-22(29,10-14)11-23)25-18-15(12)7-13(28-31-5)8-16(18)21(2,3)4/h6-8,14,28-29H,9-11H2,1-5H3,(H,24,27). The molecule has 4 rings (SSSR count). The van der Waals surface area contributed by atoms with Gasteiger partial charge in [0.2, 0.25) is 0 Å². The van der Waals surface area contributed by atoms with Crippen LogP contribution >= 0.6 is 11.9 Å². The molecule has 166 valence electrons. The van der Waals surface area contributed by atoms with Gasteiger partial charge in [-0.25, -0.2) is 9.37 Å². The van der Waals surface area contributed by atoms with Crippen molar-refractivity contribution in [2.24, 2.45) is 0 Å². The topological polar surface area (TPSA) is 96.1 Å². The predicted octanol–water partition coefficient (Wildman–Crippen LogP) is 4.86. The number of rotatable bonds is 6. The smallest absolute Gasteiger partial charge is 0.316 e. The third kappa shape index (κ3) is 4.34. The fourth-order valence-corrected chi connectivity index (χ4v) is 4.33. The van der Waals surface area contributed by atoms with Crippen LogP contribution in [0.2, 0.25) is 0 Å². The van der Waals surface area contributed by atoms with Gasteiger partial charge in [0, 0.05) is 23.4 Å². The maximum Gasteiger partial charge on any atom is 0.316 e. The molecule has 0 aliphatic heterocycles. The summed E-state index contributed by atoms with van der Waals surface area (Å²) in [5.74, 6) is 0.318. The Bertz CT molecular complexity index is 1110. The van der Waals surface area contributed by atoms with E-state index in [0.717, 1.165) is 27.7 Å². The maximum absolute atomic E-state index is 12.8. The number of anilines is 2. The molecule has 1 fully saturated rings. The molecule has 7 nitrogen and oxygen atoms in total. The number of aryl methyl sites for hydroxylation is 1. The number of pyridine rings is 1. The van der Waals surface area contributed by atoms with Crippen LogP contribution in [-0.2, 0) is 5.41 Å². The number of fused-ring (bicyclic) bond motifs is 1. The molecule has 0 radical (unpaired) electrons. The minimum absolute atomic E-state index is 0.0878. The van der Waals surface area contributed by atoms with Gasteiger partial charge in [-0.1, -0.05) is 37.8 Å². The van der Waals surface area contributed by atoms with E-state index in [0.29, 0.717) is 24.4 Å². The highest BCUT2D eigenvalue weighted by Crippen LogP contribution is 2.37. The number of halogens is 1. The molecule has 31 heavy (non-hydrogen) atoms. The molecule has 0 saturated heterocycles. The van der Waals surface area contributed by atoms with Crippen LogP contribution < -0.4 is 10.0 Å². The van der Waals surface area contributed by atoms with Crippen LogP contribution in [-0.4, -0.2) is 44.9 Å². The van der Waals surface area contributed by atoms with Crippen molar-refractivity contribution < 1.29 is 13.9 Å². The number of aliphatic hydroxyl groups is 1. The van der Waals surface area contributed by atoms with Crippen molar-refractivity contribution in [2.75, 3.05) is 23.0 Å². The average Bonchev–Trinajstić information content (AvgIpc) is 3.14. The summed E-state index contributed by atoms with van der Waals surface area (Å²) in [6.45, 7) is 7.80. The Morgan fingerprint density at radius 3 is 2.65 bits per heavy atom. The van der Waals surface area contributed by atoms with Crippen molar-refractivity contribution in [3.05, 3.63) is 29.3 Å². The molecule has 2 heterocycles. The van der Waals surface area contributed by atoms with Gasteiger partial charge in [-0.15, -0.1) is 5.10 Å². The van der Waals surface area contributed by atoms with Gasteiger partial charge in [0.05, 0.1) is 11.1 Å². The summed E-state index contributed by atoms with van der Waals surface area (Å²) in [7, 11) is 0. The molecule has 0 amide bonds. The van der Waals surface area contributed by atoms with Crippen LogP contribution in [0, 0.1) is 6.92 Å². The van der Waals surface area contributed by atoms with Crippen LogP contribution in [0.15, 0.2) is 22.6 Å². The van der Waals surface area contributed by atoms with Gasteiger partial charge in [-0.05, 0) is 54.5 Å². The van der Waals surface area contributed by atoms with E-state index in [2.05, 4.69) is 53.1 Å². The van der Waals surface area contributed by atoms with Gasteiger partial charge in [-0.3, -0.25) is 0 Å². The highest BCUT2D eigenvalue weighted by molar-refractivity contribution is 7.99. The van der Waals surface area contributed by atoms with E-state index in [4.69, 9.17) is 9.40 Å². The van der Waals surface area contributed by atoms with E-state index in [9.17, 15) is 9.50 Å². The molecule has 0 unspecified atom stereocenters. The number of nitrogens with one attached hydrogen (secondary N) is 2. The fraction of sp³-hybridized carbons (Fsp3) is 0.500. The number of hydrogen-bond acceptors (Lipinski definition) is 8. The minimum Gasteiger partial charge on any atom is -0.402 e. The zero-order chi connectivity index (χ0) is 22.4. The second-order valence-corrected chi connectivity index (χ2v) is 9.93. The van der Waals surface area contributed by atoms with E-state index < -0.39 is 12.3 Å². The Hall–Kier alpha value is -2.39. The molecule has 3 aromatic rings. The van der Waals surface area contributed by atoms with Crippen molar-refractivity contribution in [3.63, 3.8) is 0 Å². The maximum atomic E-state index is 12.8. The highest BCUT2D eigenvalue weighted by Gasteiger charge is 2.43. The predicted molar refractivity (Wildman–Crippen MR) is 123 cm³/mol. The lowest BCUT2D eigenvalue weighted by Gasteiger charge is -2.41. The molecule has 2 aromatic heterocycles. The Morgan fingerprint density at radius 1 is 1.26 bits per heavy atom. The number of benzene rings is 1. The third-order valence-corrected chi connectivity index (χ3v) is 6.06. The summed E-state index contributed by atoms with van der Waals surface area (Å²) in [5.41, 5.74) is 3.42. The molecule has 1 saturated carbocycles. The monoisotopic (exact) mass is 445 g/mol. The molecule has 9 heteroatoms. The molecule has 0 atom stereocenters. The van der Waals surface area contributed by atoms with Gasteiger partial charge >= 0.3 is 6.01 Å². The normalized spacial score (nSPS) is 21.2. The number of hydrogen-bond donors (Lipinski definition) is 3. The minimum atomic E-state index is -1.23. The largest absolute Gasteiger partial charge is 0.402 e. The van der Waals surface area contributed by atoms with Gasteiger partial charge in [0.1, 0.15) is 12.4 Å². The van der Waals surface area contributed by atoms with Gasteiger partial charge in [-0.2, -0.15) is 0 Å². The Labute approximate surface area is 185 Å². The summed E-state index contributed by atoms with van der Waals surface area (Å²) in [6.07, 6.45) is 2.63. The first-order valence-corrected chi connectivity index (χ1v) is 11.5. The highest BCUT2D eigenvalue weighted by atomic mass is 32.2. The summed E-state index contributed by atoms with van der Waals surface area (Å²) in [4.78, 5) is 4.89. The van der Waals surface area contributed by atoms with Crippen molar-refractivity contribution in [1.82, 2.24) is 15.2 Å². The van der Waals surface area contributed by atoms with Gasteiger partial charge in [0.25, 0.3) is 5.89 Å². The first kappa shape index (κ1) is 21.8. The Morgan fingerprint density at radius 2 is 2.00 bits per heavy atom. The van der Waals surface area contributed by atoms with Crippen molar-refractivity contribution >= 4 is 34.6 Å². The van der Waals surface area contributed by atoms with Crippen molar-refractivity contribution in [3.8, 4) is 11.6 Å². The summed E-state index contributed by atoms with van der Waals surface area (Å²) >= 11 is 1.56. The van der Waals surface area contributed by atoms with E-state index in [-0.39, 0.29) is 17.5 Å². The molecule has 0 bridgehead atoms. The van der Waals surface area contributed by atoms with Crippen LogP contribution in [0.5, 0.6) is 0 Å². The third-order valence-electron chi connectivity index (χ3n) is 5.62. The van der Waals surface area contributed by atoms with E-state index in [1.54, 1.807) is 11.9 Å². The average molecular weight is 446 g/mol. The van der Waals surface area contributed by atoms with E-state index in [1.165, 1.54) is 0 Å². The molecule has 0 spiro atoms. The molecule has 1 aliphatic carbocycles. The SMILES string of the molecule is CSNc1cc(C(C)(C)C)c2nc(-c3nnc(NC4CC(O)(CF)C4)o3)cc(C)c2c1. The number of aromatic nitrogens is 3. The molecule has 1 aliphatic rings. The van der Waals surface area contributed by atoms with Crippen LogP contribution in [0.25, 0.3) is 22.5 Å². The quantitative estimate of drug-likeness (QED) is 0.463. The number of alkyl halides is 1. The van der Waals surface area contributed by atoms with Crippen LogP contribution in [0.4, 0.5) is 16.1 Å². The van der Waals surface area contributed by atoms with E-state index >= 15 is 0 Å².